The zero-order valence-corrected chi connectivity index (χ0v) is 13.0. The van der Waals surface area contributed by atoms with Gasteiger partial charge in [0.15, 0.2) is 0 Å². The van der Waals surface area contributed by atoms with Crippen LogP contribution >= 0.6 is 0 Å². The standard InChI is InChI=1S/C17H28N2O/c1-19(2)16(14-9-5-4-6-10-14)13-18-15-11-7-8-12-17(15)20-3/h4-6,9-10,15-18H,7-8,11-13H2,1-3H3. The largest absolute Gasteiger partial charge is 0.380 e. The van der Waals surface area contributed by atoms with Gasteiger partial charge in [0.2, 0.25) is 0 Å². The Hall–Kier alpha value is -0.900. The molecule has 0 heterocycles. The molecule has 0 amide bonds. The van der Waals surface area contributed by atoms with E-state index < -0.39 is 0 Å². The van der Waals surface area contributed by atoms with E-state index in [2.05, 4.69) is 54.6 Å². The molecule has 1 aromatic rings. The molecule has 0 saturated heterocycles. The molecule has 0 aliphatic heterocycles. The Bertz CT molecular complexity index is 380. The SMILES string of the molecule is COC1CCCCC1NCC(c1ccccc1)N(C)C. The van der Waals surface area contributed by atoms with E-state index >= 15 is 0 Å². The van der Waals surface area contributed by atoms with E-state index in [1.54, 1.807) is 0 Å². The maximum absolute atomic E-state index is 5.63. The second-order valence-corrected chi connectivity index (χ2v) is 5.96. The Balaban J connectivity index is 1.95. The first-order chi connectivity index (χ1) is 9.72. The molecule has 1 aliphatic carbocycles. The third kappa shape index (κ3) is 4.05. The van der Waals surface area contributed by atoms with Gasteiger partial charge >= 0.3 is 0 Å². The molecule has 20 heavy (non-hydrogen) atoms. The van der Waals surface area contributed by atoms with Crippen molar-refractivity contribution in [1.82, 2.24) is 10.2 Å². The Morgan fingerprint density at radius 3 is 2.55 bits per heavy atom. The summed E-state index contributed by atoms with van der Waals surface area (Å²) in [6.07, 6.45) is 5.41. The van der Waals surface area contributed by atoms with Crippen molar-refractivity contribution in [3.05, 3.63) is 35.9 Å². The van der Waals surface area contributed by atoms with Crippen LogP contribution in [0.2, 0.25) is 0 Å². The highest BCUT2D eigenvalue weighted by atomic mass is 16.5. The molecule has 1 aromatic carbocycles. The van der Waals surface area contributed by atoms with Crippen LogP contribution in [0.5, 0.6) is 0 Å². The van der Waals surface area contributed by atoms with Crippen molar-refractivity contribution in [2.24, 2.45) is 0 Å². The fourth-order valence-corrected chi connectivity index (χ4v) is 3.15. The minimum absolute atomic E-state index is 0.377. The van der Waals surface area contributed by atoms with Gasteiger partial charge in [-0.15, -0.1) is 0 Å². The van der Waals surface area contributed by atoms with Crippen LogP contribution in [0.15, 0.2) is 30.3 Å². The molecule has 0 radical (unpaired) electrons. The predicted molar refractivity (Wildman–Crippen MR) is 83.9 cm³/mol. The van der Waals surface area contributed by atoms with Crippen molar-refractivity contribution in [3.8, 4) is 0 Å². The summed E-state index contributed by atoms with van der Waals surface area (Å²) >= 11 is 0. The number of likely N-dealkylation sites (N-methyl/N-ethyl adjacent to an activating group) is 1. The minimum Gasteiger partial charge on any atom is -0.380 e. The number of hydrogen-bond donors (Lipinski definition) is 1. The van der Waals surface area contributed by atoms with Gasteiger partial charge in [-0.2, -0.15) is 0 Å². The van der Waals surface area contributed by atoms with Crippen LogP contribution in [0.25, 0.3) is 0 Å². The van der Waals surface area contributed by atoms with Crippen LogP contribution < -0.4 is 5.32 Å². The first kappa shape index (κ1) is 15.5. The number of benzene rings is 1. The number of ether oxygens (including phenoxy) is 1. The maximum Gasteiger partial charge on any atom is 0.0724 e. The van der Waals surface area contributed by atoms with Crippen LogP contribution in [-0.4, -0.2) is 44.8 Å². The average Bonchev–Trinajstić information content (AvgIpc) is 2.48. The number of rotatable bonds is 6. The molecular weight excluding hydrogens is 248 g/mol. The average molecular weight is 276 g/mol. The summed E-state index contributed by atoms with van der Waals surface area (Å²) in [5.41, 5.74) is 1.37. The Kier molecular flexibility index (Phi) is 6.02. The lowest BCUT2D eigenvalue weighted by Gasteiger charge is -2.34. The van der Waals surface area contributed by atoms with E-state index in [1.165, 1.54) is 31.2 Å². The zero-order valence-electron chi connectivity index (χ0n) is 13.0. The monoisotopic (exact) mass is 276 g/mol. The first-order valence-corrected chi connectivity index (χ1v) is 7.70. The highest BCUT2D eigenvalue weighted by Gasteiger charge is 2.25. The fourth-order valence-electron chi connectivity index (χ4n) is 3.15. The number of nitrogens with zero attached hydrogens (tertiary/aromatic N) is 1. The van der Waals surface area contributed by atoms with E-state index in [9.17, 15) is 0 Å². The van der Waals surface area contributed by atoms with Gasteiger partial charge in [-0.05, 0) is 32.5 Å². The summed E-state index contributed by atoms with van der Waals surface area (Å²) in [6, 6.07) is 11.6. The molecule has 3 nitrogen and oxygen atoms in total. The van der Waals surface area contributed by atoms with Gasteiger partial charge in [0, 0.05) is 25.7 Å². The van der Waals surface area contributed by atoms with E-state index in [4.69, 9.17) is 4.74 Å². The van der Waals surface area contributed by atoms with E-state index in [1.807, 2.05) is 7.11 Å². The van der Waals surface area contributed by atoms with Crippen LogP contribution in [0.4, 0.5) is 0 Å². The molecule has 2 rings (SSSR count). The summed E-state index contributed by atoms with van der Waals surface area (Å²) in [6.45, 7) is 0.974. The first-order valence-electron chi connectivity index (χ1n) is 7.70. The Labute approximate surface area is 123 Å². The van der Waals surface area contributed by atoms with E-state index in [0.29, 0.717) is 18.2 Å². The van der Waals surface area contributed by atoms with Gasteiger partial charge in [0.25, 0.3) is 0 Å². The molecule has 3 atom stereocenters. The topological polar surface area (TPSA) is 24.5 Å². The van der Waals surface area contributed by atoms with Crippen LogP contribution in [0.1, 0.15) is 37.3 Å². The lowest BCUT2D eigenvalue weighted by Crippen LogP contribution is -2.46. The third-order valence-corrected chi connectivity index (χ3v) is 4.39. The van der Waals surface area contributed by atoms with Crippen molar-refractivity contribution in [2.75, 3.05) is 27.7 Å². The lowest BCUT2D eigenvalue weighted by molar-refractivity contribution is 0.0397. The van der Waals surface area contributed by atoms with Crippen molar-refractivity contribution >= 4 is 0 Å². The van der Waals surface area contributed by atoms with Crippen molar-refractivity contribution in [2.45, 2.75) is 43.9 Å². The van der Waals surface area contributed by atoms with Gasteiger partial charge in [-0.25, -0.2) is 0 Å². The minimum atomic E-state index is 0.377. The molecular formula is C17H28N2O. The van der Waals surface area contributed by atoms with Gasteiger partial charge in [-0.1, -0.05) is 43.2 Å². The van der Waals surface area contributed by atoms with Crippen molar-refractivity contribution < 1.29 is 4.74 Å². The molecule has 112 valence electrons. The van der Waals surface area contributed by atoms with Gasteiger partial charge in [0.1, 0.15) is 0 Å². The maximum atomic E-state index is 5.63. The van der Waals surface area contributed by atoms with Crippen molar-refractivity contribution in [1.29, 1.82) is 0 Å². The molecule has 0 aromatic heterocycles. The van der Waals surface area contributed by atoms with Crippen LogP contribution in [0, 0.1) is 0 Å². The van der Waals surface area contributed by atoms with Gasteiger partial charge in [-0.3, -0.25) is 0 Å². The molecule has 3 unspecified atom stereocenters. The van der Waals surface area contributed by atoms with Crippen LogP contribution in [0.3, 0.4) is 0 Å². The summed E-state index contributed by atoms with van der Waals surface area (Å²) in [7, 11) is 6.13. The molecule has 1 aliphatic rings. The van der Waals surface area contributed by atoms with Gasteiger partial charge < -0.3 is 15.0 Å². The van der Waals surface area contributed by atoms with E-state index in [0.717, 1.165) is 6.54 Å². The molecule has 0 bridgehead atoms. The second kappa shape index (κ2) is 7.77. The highest BCUT2D eigenvalue weighted by molar-refractivity contribution is 5.19. The molecule has 1 N–H and O–H groups in total. The smallest absolute Gasteiger partial charge is 0.0724 e. The summed E-state index contributed by atoms with van der Waals surface area (Å²) in [5, 5.41) is 3.74. The third-order valence-electron chi connectivity index (χ3n) is 4.39. The molecule has 3 heteroatoms. The molecule has 0 spiro atoms. The fraction of sp³-hybridized carbons (Fsp3) is 0.647. The quantitative estimate of drug-likeness (QED) is 0.864. The number of nitrogens with one attached hydrogen (secondary N) is 1. The second-order valence-electron chi connectivity index (χ2n) is 5.96. The Morgan fingerprint density at radius 1 is 1.20 bits per heavy atom. The normalized spacial score (nSPS) is 24.8. The molecule has 1 saturated carbocycles. The van der Waals surface area contributed by atoms with E-state index in [-0.39, 0.29) is 0 Å². The zero-order chi connectivity index (χ0) is 14.4. The van der Waals surface area contributed by atoms with Crippen molar-refractivity contribution in [3.63, 3.8) is 0 Å². The summed E-state index contributed by atoms with van der Waals surface area (Å²) in [4.78, 5) is 2.28. The molecule has 1 fully saturated rings. The number of hydrogen-bond acceptors (Lipinski definition) is 3. The summed E-state index contributed by atoms with van der Waals surface area (Å²) in [5.74, 6) is 0. The predicted octanol–water partition coefficient (Wildman–Crippen LogP) is 2.84. The Morgan fingerprint density at radius 2 is 1.90 bits per heavy atom. The highest BCUT2D eigenvalue weighted by Crippen LogP contribution is 2.22. The summed E-state index contributed by atoms with van der Waals surface area (Å²) < 4.78 is 5.63. The van der Waals surface area contributed by atoms with Crippen LogP contribution in [-0.2, 0) is 4.74 Å². The lowest BCUT2D eigenvalue weighted by atomic mass is 9.92. The van der Waals surface area contributed by atoms with Gasteiger partial charge in [0.05, 0.1) is 6.10 Å². The number of methoxy groups -OCH3 is 1.